The highest BCUT2D eigenvalue weighted by molar-refractivity contribution is 5.75. The first-order valence-electron chi connectivity index (χ1n) is 9.18. The molecule has 10 nitrogen and oxygen atoms in total. The van der Waals surface area contributed by atoms with Gasteiger partial charge in [-0.3, -0.25) is 4.79 Å². The summed E-state index contributed by atoms with van der Waals surface area (Å²) in [7, 11) is 2.87. The Morgan fingerprint density at radius 1 is 0.889 bits per heavy atom. The highest BCUT2D eigenvalue weighted by atomic mass is 16.6. The minimum absolute atomic E-state index is 0.0715. The van der Waals surface area contributed by atoms with Gasteiger partial charge in [0.25, 0.3) is 0 Å². The average molecular weight is 391 g/mol. The van der Waals surface area contributed by atoms with Gasteiger partial charge in [-0.15, -0.1) is 0 Å². The molecule has 0 aromatic heterocycles. The highest BCUT2D eigenvalue weighted by Crippen LogP contribution is 2.00. The van der Waals surface area contributed by atoms with Gasteiger partial charge in [-0.05, 0) is 12.8 Å². The van der Waals surface area contributed by atoms with Crippen LogP contribution in [0.2, 0.25) is 0 Å². The maximum Gasteiger partial charge on any atom is 0.406 e. The van der Waals surface area contributed by atoms with E-state index in [0.717, 1.165) is 12.8 Å². The van der Waals surface area contributed by atoms with Gasteiger partial charge in [0.1, 0.15) is 19.3 Å². The third kappa shape index (κ3) is 15.9. The normalized spacial score (nSPS) is 10.4. The molecular formula is C17H33N3O7. The second-order valence-electron chi connectivity index (χ2n) is 5.61. The number of rotatable bonds is 15. The lowest BCUT2D eigenvalue weighted by Crippen LogP contribution is -2.33. The number of nitrogens with one attached hydrogen (secondary N) is 3. The van der Waals surface area contributed by atoms with Gasteiger partial charge < -0.3 is 34.9 Å². The van der Waals surface area contributed by atoms with Crippen LogP contribution in [0.3, 0.4) is 0 Å². The molecule has 0 heterocycles. The van der Waals surface area contributed by atoms with Crippen LogP contribution in [0.1, 0.15) is 32.6 Å². The summed E-state index contributed by atoms with van der Waals surface area (Å²) in [6.45, 7) is 3.89. The zero-order chi connectivity index (χ0) is 20.3. The number of carbonyl (C=O) groups excluding carboxylic acids is 3. The second-order valence-corrected chi connectivity index (χ2v) is 5.61. The summed E-state index contributed by atoms with van der Waals surface area (Å²) < 4.78 is 20.7. The summed E-state index contributed by atoms with van der Waals surface area (Å²) in [6, 6.07) is 0. The van der Waals surface area contributed by atoms with E-state index in [9.17, 15) is 14.4 Å². The van der Waals surface area contributed by atoms with Crippen LogP contribution in [-0.2, 0) is 23.7 Å². The second kappa shape index (κ2) is 17.3. The van der Waals surface area contributed by atoms with Gasteiger partial charge in [-0.25, -0.2) is 9.59 Å². The van der Waals surface area contributed by atoms with E-state index in [-0.39, 0.29) is 25.7 Å². The Bertz CT molecular complexity index is 401. The average Bonchev–Trinajstić information content (AvgIpc) is 2.68. The van der Waals surface area contributed by atoms with Gasteiger partial charge in [0, 0.05) is 40.3 Å². The topological polar surface area (TPSA) is 124 Å². The lowest BCUT2D eigenvalue weighted by atomic mass is 10.3. The van der Waals surface area contributed by atoms with Crippen LogP contribution in [0.25, 0.3) is 0 Å². The number of hydrogen-bond donors (Lipinski definition) is 3. The molecule has 0 aromatic carbocycles. The Hall–Kier alpha value is -2.07. The molecule has 0 rings (SSSR count). The van der Waals surface area contributed by atoms with Crippen LogP contribution < -0.4 is 16.0 Å². The number of ether oxygens (including phenoxy) is 4. The van der Waals surface area contributed by atoms with Crippen molar-refractivity contribution in [1.82, 2.24) is 16.0 Å². The first kappa shape index (κ1) is 24.9. The van der Waals surface area contributed by atoms with E-state index in [1.165, 1.54) is 14.1 Å². The molecule has 27 heavy (non-hydrogen) atoms. The van der Waals surface area contributed by atoms with E-state index in [1.807, 2.05) is 0 Å². The zero-order valence-corrected chi connectivity index (χ0v) is 16.5. The van der Waals surface area contributed by atoms with E-state index >= 15 is 0 Å². The Labute approximate surface area is 160 Å². The molecule has 0 aromatic rings. The number of hydrogen-bond acceptors (Lipinski definition) is 7. The quantitative estimate of drug-likeness (QED) is 0.353. The molecule has 0 spiro atoms. The van der Waals surface area contributed by atoms with Crippen molar-refractivity contribution in [2.24, 2.45) is 0 Å². The fraction of sp³-hybridized carbons (Fsp3) is 0.824. The summed E-state index contributed by atoms with van der Waals surface area (Å²) in [4.78, 5) is 34.0. The van der Waals surface area contributed by atoms with Crippen LogP contribution in [0.5, 0.6) is 0 Å². The smallest absolute Gasteiger partial charge is 0.406 e. The van der Waals surface area contributed by atoms with Gasteiger partial charge in [-0.2, -0.15) is 0 Å². The summed E-state index contributed by atoms with van der Waals surface area (Å²) in [5.41, 5.74) is 0. The van der Waals surface area contributed by atoms with Gasteiger partial charge in [-0.1, -0.05) is 13.3 Å². The van der Waals surface area contributed by atoms with Crippen molar-refractivity contribution in [3.63, 3.8) is 0 Å². The van der Waals surface area contributed by atoms with Crippen molar-refractivity contribution < 1.29 is 33.3 Å². The maximum absolute atomic E-state index is 11.7. The highest BCUT2D eigenvalue weighted by Gasteiger charge is 2.15. The maximum atomic E-state index is 11.7. The summed E-state index contributed by atoms with van der Waals surface area (Å²) in [6.07, 6.45) is 1.05. The van der Waals surface area contributed by atoms with Crippen LogP contribution >= 0.6 is 0 Å². The van der Waals surface area contributed by atoms with Crippen LogP contribution in [-0.4, -0.2) is 77.9 Å². The van der Waals surface area contributed by atoms with Crippen LogP contribution in [0, 0.1) is 0 Å². The first-order chi connectivity index (χ1) is 13.0. The van der Waals surface area contributed by atoms with Crippen molar-refractivity contribution in [3.05, 3.63) is 0 Å². The molecule has 0 radical (unpaired) electrons. The number of amides is 3. The fourth-order valence-corrected chi connectivity index (χ4v) is 1.81. The monoisotopic (exact) mass is 391 g/mol. The molecule has 0 bridgehead atoms. The first-order valence-corrected chi connectivity index (χ1v) is 9.18. The van der Waals surface area contributed by atoms with Crippen LogP contribution in [0.15, 0.2) is 0 Å². The molecule has 0 unspecified atom stereocenters. The van der Waals surface area contributed by atoms with E-state index in [0.29, 0.717) is 32.6 Å². The van der Waals surface area contributed by atoms with Crippen LogP contribution in [0.4, 0.5) is 9.59 Å². The fourth-order valence-electron chi connectivity index (χ4n) is 1.81. The lowest BCUT2D eigenvalue weighted by Gasteiger charge is -2.17. The van der Waals surface area contributed by atoms with E-state index < -0.39 is 18.3 Å². The van der Waals surface area contributed by atoms with Gasteiger partial charge in [0.15, 0.2) is 0 Å². The third-order valence-corrected chi connectivity index (χ3v) is 3.32. The molecule has 0 atom stereocenters. The molecule has 10 heteroatoms. The molecule has 0 saturated carbocycles. The van der Waals surface area contributed by atoms with Gasteiger partial charge in [0.05, 0.1) is 6.61 Å². The predicted molar refractivity (Wildman–Crippen MR) is 98.5 cm³/mol. The van der Waals surface area contributed by atoms with E-state index in [4.69, 9.17) is 18.9 Å². The molecule has 3 N–H and O–H groups in total. The Balaban J connectivity index is 3.92. The van der Waals surface area contributed by atoms with Crippen molar-refractivity contribution in [3.8, 4) is 0 Å². The van der Waals surface area contributed by atoms with E-state index in [1.54, 1.807) is 0 Å². The summed E-state index contributed by atoms with van der Waals surface area (Å²) in [5.74, 6) is -0.0857. The van der Waals surface area contributed by atoms with Gasteiger partial charge >= 0.3 is 12.2 Å². The summed E-state index contributed by atoms with van der Waals surface area (Å²) >= 11 is 0. The van der Waals surface area contributed by atoms with Crippen molar-refractivity contribution in [1.29, 1.82) is 0 Å². The molecule has 0 aliphatic rings. The molecule has 0 aliphatic heterocycles. The minimum atomic E-state index is -0.616. The molecule has 0 aliphatic carbocycles. The Kier molecular flexibility index (Phi) is 16.0. The third-order valence-electron chi connectivity index (χ3n) is 3.32. The number of alkyl carbamates (subject to hydrolysis) is 2. The van der Waals surface area contributed by atoms with Crippen molar-refractivity contribution in [2.45, 2.75) is 38.7 Å². The number of unbranched alkanes of at least 4 members (excludes halogenated alkanes) is 1. The Morgan fingerprint density at radius 2 is 1.52 bits per heavy atom. The molecule has 0 fully saturated rings. The largest absolute Gasteiger partial charge is 0.447 e. The Morgan fingerprint density at radius 3 is 2.07 bits per heavy atom. The number of carbonyl (C=O) groups is 3. The van der Waals surface area contributed by atoms with E-state index in [2.05, 4.69) is 22.9 Å². The predicted octanol–water partition coefficient (Wildman–Crippen LogP) is 0.797. The summed E-state index contributed by atoms with van der Waals surface area (Å²) in [5, 5.41) is 7.40. The zero-order valence-electron chi connectivity index (χ0n) is 16.5. The molecule has 158 valence electrons. The minimum Gasteiger partial charge on any atom is -0.447 e. The standard InChI is InChI=1S/C17H33N3O7/c1-4-5-9-24-11-8-20-15(21)7-6-10-25-14(12-26-16(22)18-2)13-27-17(23)19-3/h14H,4-13H2,1-3H3,(H,18,22)(H,19,23)(H,20,21). The van der Waals surface area contributed by atoms with Crippen molar-refractivity contribution >= 4 is 18.1 Å². The van der Waals surface area contributed by atoms with Crippen molar-refractivity contribution in [2.75, 3.05) is 53.7 Å². The molecule has 3 amide bonds. The molecule has 0 saturated heterocycles. The SMILES string of the molecule is CCCCOCCNC(=O)CCCOC(COC(=O)NC)COC(=O)NC. The van der Waals surface area contributed by atoms with Gasteiger partial charge in [0.2, 0.25) is 5.91 Å². The lowest BCUT2D eigenvalue weighted by molar-refractivity contribution is -0.121. The molecular weight excluding hydrogens is 358 g/mol.